The van der Waals surface area contributed by atoms with Gasteiger partial charge in [-0.1, -0.05) is 18.2 Å². The Kier molecular flexibility index (Phi) is 3.74. The first-order valence-corrected chi connectivity index (χ1v) is 7.94. The van der Waals surface area contributed by atoms with Crippen LogP contribution < -0.4 is 10.6 Å². The number of nitrogens with zero attached hydrogens (tertiary/aromatic N) is 2. The van der Waals surface area contributed by atoms with Crippen LogP contribution in [0.1, 0.15) is 27.2 Å². The minimum absolute atomic E-state index is 0.158. The van der Waals surface area contributed by atoms with E-state index in [0.717, 1.165) is 25.1 Å². The first-order chi connectivity index (χ1) is 11.7. The van der Waals surface area contributed by atoms with Gasteiger partial charge in [-0.15, -0.1) is 0 Å². The highest BCUT2D eigenvalue weighted by molar-refractivity contribution is 5.92. The van der Waals surface area contributed by atoms with Crippen LogP contribution in [0.2, 0.25) is 0 Å². The molecule has 122 valence electrons. The van der Waals surface area contributed by atoms with Gasteiger partial charge in [0.2, 0.25) is 0 Å². The van der Waals surface area contributed by atoms with Crippen LogP contribution in [-0.4, -0.2) is 21.8 Å². The molecule has 24 heavy (non-hydrogen) atoms. The van der Waals surface area contributed by atoms with Gasteiger partial charge in [0, 0.05) is 25.5 Å². The Bertz CT molecular complexity index is 919. The zero-order valence-electron chi connectivity index (χ0n) is 13.1. The highest BCUT2D eigenvalue weighted by atomic mass is 19.1. The minimum Gasteiger partial charge on any atom is -0.347 e. The van der Waals surface area contributed by atoms with Crippen molar-refractivity contribution in [1.29, 1.82) is 0 Å². The molecule has 1 amide bonds. The largest absolute Gasteiger partial charge is 0.347 e. The van der Waals surface area contributed by atoms with Gasteiger partial charge >= 0.3 is 0 Å². The number of imidazole rings is 1. The second-order valence-electron chi connectivity index (χ2n) is 5.88. The van der Waals surface area contributed by atoms with Crippen LogP contribution in [0.5, 0.6) is 0 Å². The van der Waals surface area contributed by atoms with E-state index < -0.39 is 5.82 Å². The summed E-state index contributed by atoms with van der Waals surface area (Å²) in [7, 11) is 0. The Morgan fingerprint density at radius 2 is 2.25 bits per heavy atom. The summed E-state index contributed by atoms with van der Waals surface area (Å²) in [6.07, 6.45) is 4.17. The number of amides is 1. The van der Waals surface area contributed by atoms with Crippen molar-refractivity contribution in [3.05, 3.63) is 70.9 Å². The molecule has 3 heterocycles. The van der Waals surface area contributed by atoms with Gasteiger partial charge in [0.05, 0.1) is 0 Å². The third-order valence-corrected chi connectivity index (χ3v) is 4.34. The lowest BCUT2D eigenvalue weighted by molar-refractivity contribution is 0.0946. The first kappa shape index (κ1) is 14.8. The van der Waals surface area contributed by atoms with E-state index in [0.29, 0.717) is 6.54 Å². The number of carbonyl (C=O) groups is 1. The molecule has 4 rings (SSSR count). The van der Waals surface area contributed by atoms with E-state index in [1.807, 2.05) is 12.1 Å². The molecule has 0 fully saturated rings. The number of rotatable bonds is 3. The second kappa shape index (κ2) is 6.05. The highest BCUT2D eigenvalue weighted by Gasteiger charge is 2.15. The summed E-state index contributed by atoms with van der Waals surface area (Å²) in [5, 5.41) is 6.23. The molecule has 5 nitrogen and oxygen atoms in total. The molecule has 0 radical (unpaired) electrons. The molecule has 0 atom stereocenters. The monoisotopic (exact) mass is 324 g/mol. The smallest absolute Gasteiger partial charge is 0.271 e. The van der Waals surface area contributed by atoms with Gasteiger partial charge in [-0.05, 0) is 41.8 Å². The van der Waals surface area contributed by atoms with E-state index in [1.54, 1.807) is 12.3 Å². The molecule has 0 spiro atoms. The van der Waals surface area contributed by atoms with Crippen molar-refractivity contribution in [2.45, 2.75) is 19.5 Å². The number of hydrogen-bond acceptors (Lipinski definition) is 3. The minimum atomic E-state index is -0.443. The molecule has 0 bridgehead atoms. The maximum Gasteiger partial charge on any atom is 0.271 e. The molecule has 0 saturated carbocycles. The van der Waals surface area contributed by atoms with Crippen LogP contribution in [0.4, 0.5) is 4.39 Å². The van der Waals surface area contributed by atoms with E-state index in [1.165, 1.54) is 27.8 Å². The molecular weight excluding hydrogens is 307 g/mol. The molecule has 0 saturated heterocycles. The quantitative estimate of drug-likeness (QED) is 0.775. The Morgan fingerprint density at radius 1 is 1.33 bits per heavy atom. The van der Waals surface area contributed by atoms with Crippen molar-refractivity contribution >= 4 is 11.6 Å². The Labute approximate surface area is 138 Å². The van der Waals surface area contributed by atoms with E-state index >= 15 is 0 Å². The van der Waals surface area contributed by atoms with Crippen molar-refractivity contribution in [2.24, 2.45) is 0 Å². The lowest BCUT2D eigenvalue weighted by Gasteiger charge is -2.20. The number of aromatic nitrogens is 2. The van der Waals surface area contributed by atoms with Gasteiger partial charge in [0.15, 0.2) is 11.5 Å². The summed E-state index contributed by atoms with van der Waals surface area (Å²) in [5.41, 5.74) is 4.08. The van der Waals surface area contributed by atoms with Crippen LogP contribution in [-0.2, 0) is 19.5 Å². The zero-order chi connectivity index (χ0) is 16.5. The number of halogens is 1. The first-order valence-electron chi connectivity index (χ1n) is 7.94. The fraction of sp³-hybridized carbons (Fsp3) is 0.222. The fourth-order valence-corrected chi connectivity index (χ4v) is 3.13. The molecule has 6 heteroatoms. The molecule has 1 aromatic carbocycles. The summed E-state index contributed by atoms with van der Waals surface area (Å²) in [5.74, 6) is -0.745. The van der Waals surface area contributed by atoms with Crippen molar-refractivity contribution < 1.29 is 9.18 Å². The van der Waals surface area contributed by atoms with Crippen molar-refractivity contribution in [3.8, 4) is 0 Å². The van der Waals surface area contributed by atoms with Crippen LogP contribution in [0, 0.1) is 5.82 Å². The number of carbonyl (C=O) groups excluding carboxylic acids is 1. The third kappa shape index (κ3) is 2.65. The van der Waals surface area contributed by atoms with Gasteiger partial charge in [-0.25, -0.2) is 9.37 Å². The second-order valence-corrected chi connectivity index (χ2v) is 5.88. The summed E-state index contributed by atoms with van der Waals surface area (Å²) >= 11 is 0. The van der Waals surface area contributed by atoms with Gasteiger partial charge in [0.1, 0.15) is 5.69 Å². The van der Waals surface area contributed by atoms with Gasteiger partial charge in [0.25, 0.3) is 5.91 Å². The van der Waals surface area contributed by atoms with Gasteiger partial charge in [-0.3, -0.25) is 4.79 Å². The summed E-state index contributed by atoms with van der Waals surface area (Å²) in [6.45, 7) is 2.25. The molecule has 2 N–H and O–H groups in total. The number of fused-ring (bicyclic) bond motifs is 2. The maximum atomic E-state index is 13.7. The average Bonchev–Trinajstić information content (AvgIpc) is 3.05. The SMILES string of the molecule is O=C(NCc1cccc2c1CCNC2)c1cn2cccc(F)c2n1. The Hall–Kier alpha value is -2.73. The lowest BCUT2D eigenvalue weighted by atomic mass is 9.95. The van der Waals surface area contributed by atoms with E-state index in [2.05, 4.69) is 21.7 Å². The van der Waals surface area contributed by atoms with Gasteiger partial charge in [-0.2, -0.15) is 0 Å². The Morgan fingerprint density at radius 3 is 3.12 bits per heavy atom. The Balaban J connectivity index is 1.53. The van der Waals surface area contributed by atoms with Crippen LogP contribution in [0.3, 0.4) is 0 Å². The molecule has 1 aliphatic rings. The van der Waals surface area contributed by atoms with Crippen LogP contribution in [0.25, 0.3) is 5.65 Å². The summed E-state index contributed by atoms with van der Waals surface area (Å²) in [6, 6.07) is 9.06. The normalized spacial score (nSPS) is 13.7. The zero-order valence-corrected chi connectivity index (χ0v) is 13.1. The molecule has 3 aromatic rings. The molecular formula is C18H17FN4O. The standard InChI is InChI=1S/C18H17FN4O/c19-15-5-2-8-23-11-16(22-17(15)23)18(24)21-10-13-4-1-3-12-9-20-7-6-14(12)13/h1-5,8,11,20H,6-7,9-10H2,(H,21,24). The van der Waals surface area contributed by atoms with E-state index in [9.17, 15) is 9.18 Å². The number of nitrogens with one attached hydrogen (secondary N) is 2. The molecule has 0 aliphatic carbocycles. The molecule has 0 unspecified atom stereocenters. The number of benzene rings is 1. The maximum absolute atomic E-state index is 13.7. The topological polar surface area (TPSA) is 58.4 Å². The fourth-order valence-electron chi connectivity index (χ4n) is 3.13. The summed E-state index contributed by atoms with van der Waals surface area (Å²) < 4.78 is 15.2. The summed E-state index contributed by atoms with van der Waals surface area (Å²) in [4.78, 5) is 16.4. The van der Waals surface area contributed by atoms with Crippen molar-refractivity contribution in [3.63, 3.8) is 0 Å². The van der Waals surface area contributed by atoms with Crippen LogP contribution in [0.15, 0.2) is 42.7 Å². The molecule has 1 aliphatic heterocycles. The predicted octanol–water partition coefficient (Wildman–Crippen LogP) is 2.05. The van der Waals surface area contributed by atoms with Crippen molar-refractivity contribution in [2.75, 3.05) is 6.54 Å². The third-order valence-electron chi connectivity index (χ3n) is 4.34. The number of hydrogen-bond donors (Lipinski definition) is 2. The lowest BCUT2D eigenvalue weighted by Crippen LogP contribution is -2.27. The highest BCUT2D eigenvalue weighted by Crippen LogP contribution is 2.18. The number of pyridine rings is 1. The van der Waals surface area contributed by atoms with Crippen LogP contribution >= 0.6 is 0 Å². The molecule has 2 aromatic heterocycles. The predicted molar refractivity (Wildman–Crippen MR) is 88.2 cm³/mol. The van der Waals surface area contributed by atoms with E-state index in [4.69, 9.17) is 0 Å². The average molecular weight is 324 g/mol. The van der Waals surface area contributed by atoms with Gasteiger partial charge < -0.3 is 15.0 Å². The van der Waals surface area contributed by atoms with Crippen molar-refractivity contribution in [1.82, 2.24) is 20.0 Å². The van der Waals surface area contributed by atoms with E-state index in [-0.39, 0.29) is 17.2 Å².